The van der Waals surface area contributed by atoms with Crippen LogP contribution in [0.5, 0.6) is 0 Å². The molecule has 19 heavy (non-hydrogen) atoms. The van der Waals surface area contributed by atoms with Gasteiger partial charge in [-0.1, -0.05) is 0 Å². The Morgan fingerprint density at radius 1 is 1.37 bits per heavy atom. The topological polar surface area (TPSA) is 49.4 Å². The smallest absolute Gasteiger partial charge is 0.164 e. The lowest BCUT2D eigenvalue weighted by molar-refractivity contribution is 0.226. The van der Waals surface area contributed by atoms with Crippen LogP contribution >= 0.6 is 11.8 Å². The third kappa shape index (κ3) is 2.96. The molecule has 1 aliphatic carbocycles. The molecule has 1 N–H and O–H groups in total. The van der Waals surface area contributed by atoms with E-state index >= 15 is 0 Å². The van der Waals surface area contributed by atoms with Gasteiger partial charge in [-0.05, 0) is 43.7 Å². The number of piperidine rings is 1. The van der Waals surface area contributed by atoms with Gasteiger partial charge in [0, 0.05) is 30.9 Å². The summed E-state index contributed by atoms with van der Waals surface area (Å²) in [5.74, 6) is 2.56. The van der Waals surface area contributed by atoms with Crippen LogP contribution in [-0.4, -0.2) is 62.6 Å². The van der Waals surface area contributed by atoms with Gasteiger partial charge in [0.05, 0.1) is 0 Å². The van der Waals surface area contributed by atoms with E-state index in [1.54, 1.807) is 11.8 Å². The average Bonchev–Trinajstić information content (AvgIpc) is 3.01. The third-order valence-electron chi connectivity index (χ3n) is 5.10. The first-order valence-electron chi connectivity index (χ1n) is 7.23. The minimum absolute atomic E-state index is 0.245. The summed E-state index contributed by atoms with van der Waals surface area (Å²) in [5, 5.41) is 3.18. The Bertz CT molecular complexity index is 432. The van der Waals surface area contributed by atoms with Crippen LogP contribution in [0.3, 0.4) is 0 Å². The molecule has 6 heteroatoms. The summed E-state index contributed by atoms with van der Waals surface area (Å²) in [7, 11) is -2.94. The zero-order chi connectivity index (χ0) is 13.5. The Morgan fingerprint density at radius 3 is 2.79 bits per heavy atom. The van der Waals surface area contributed by atoms with Gasteiger partial charge in [-0.3, -0.25) is 4.90 Å². The maximum atomic E-state index is 11.9. The molecule has 0 radical (unpaired) electrons. The molecule has 3 fully saturated rings. The lowest BCUT2D eigenvalue weighted by Crippen LogP contribution is -2.48. The Morgan fingerprint density at radius 2 is 2.11 bits per heavy atom. The van der Waals surface area contributed by atoms with Crippen LogP contribution in [0.1, 0.15) is 19.3 Å². The van der Waals surface area contributed by atoms with Gasteiger partial charge in [-0.2, -0.15) is 11.8 Å². The van der Waals surface area contributed by atoms with E-state index in [-0.39, 0.29) is 5.37 Å². The van der Waals surface area contributed by atoms with Gasteiger partial charge in [-0.25, -0.2) is 8.42 Å². The van der Waals surface area contributed by atoms with Crippen molar-refractivity contribution in [2.75, 3.05) is 43.9 Å². The van der Waals surface area contributed by atoms with Crippen molar-refractivity contribution < 1.29 is 8.42 Å². The molecule has 0 aromatic carbocycles. The molecule has 110 valence electrons. The molecule has 1 saturated carbocycles. The molecule has 2 heterocycles. The van der Waals surface area contributed by atoms with Crippen LogP contribution in [-0.2, 0) is 9.84 Å². The van der Waals surface area contributed by atoms with Gasteiger partial charge in [0.2, 0.25) is 0 Å². The van der Waals surface area contributed by atoms with Crippen LogP contribution in [0.2, 0.25) is 0 Å². The molecule has 0 bridgehead atoms. The van der Waals surface area contributed by atoms with Crippen molar-refractivity contribution in [3.63, 3.8) is 0 Å². The van der Waals surface area contributed by atoms with Gasteiger partial charge < -0.3 is 5.32 Å². The molecule has 3 rings (SSSR count). The number of nitrogens with one attached hydrogen (secondary N) is 1. The summed E-state index contributed by atoms with van der Waals surface area (Å²) < 4.78 is 23.8. The van der Waals surface area contributed by atoms with Crippen molar-refractivity contribution in [1.29, 1.82) is 0 Å². The molecule has 0 aromatic rings. The highest BCUT2D eigenvalue weighted by Gasteiger charge is 2.54. The number of thioether (sulfide) groups is 1. The number of rotatable bonds is 3. The Balaban J connectivity index is 1.62. The fourth-order valence-electron chi connectivity index (χ4n) is 3.73. The average molecular weight is 304 g/mol. The molecule has 0 amide bonds. The molecule has 2 atom stereocenters. The Kier molecular flexibility index (Phi) is 3.88. The van der Waals surface area contributed by atoms with Gasteiger partial charge in [0.15, 0.2) is 9.84 Å². The molecule has 2 aliphatic heterocycles. The Labute approximate surface area is 120 Å². The SMILES string of the molecule is CS(=O)(=O)C1CSCCN1CC1CC12CCNCC2. The third-order valence-corrected chi connectivity index (χ3v) is 7.78. The van der Waals surface area contributed by atoms with E-state index in [0.29, 0.717) is 5.41 Å². The van der Waals surface area contributed by atoms with Crippen molar-refractivity contribution in [3.05, 3.63) is 0 Å². The molecular formula is C13H24N2O2S2. The highest BCUT2D eigenvalue weighted by atomic mass is 32.2. The fraction of sp³-hybridized carbons (Fsp3) is 1.00. The standard InChI is InChI=1S/C13H24N2O2S2/c1-19(16,17)12-10-18-7-6-15(12)9-11-8-13(11)2-4-14-5-3-13/h11-12,14H,2-10H2,1H3. The second kappa shape index (κ2) is 5.20. The molecular weight excluding hydrogens is 280 g/mol. The summed E-state index contributed by atoms with van der Waals surface area (Å²) in [6, 6.07) is 0. The molecule has 1 spiro atoms. The minimum atomic E-state index is -2.94. The van der Waals surface area contributed by atoms with E-state index in [4.69, 9.17) is 0 Å². The lowest BCUT2D eigenvalue weighted by atomic mass is 9.92. The summed E-state index contributed by atoms with van der Waals surface area (Å²) in [5.41, 5.74) is 0.553. The van der Waals surface area contributed by atoms with E-state index in [9.17, 15) is 8.42 Å². The van der Waals surface area contributed by atoms with Crippen LogP contribution in [0, 0.1) is 11.3 Å². The number of nitrogens with zero attached hydrogens (tertiary/aromatic N) is 1. The molecule has 2 unspecified atom stereocenters. The number of hydrogen-bond acceptors (Lipinski definition) is 5. The first kappa shape index (κ1) is 14.2. The summed E-state index contributed by atoms with van der Waals surface area (Å²) in [6.45, 7) is 4.22. The largest absolute Gasteiger partial charge is 0.317 e. The van der Waals surface area contributed by atoms with Crippen molar-refractivity contribution in [1.82, 2.24) is 10.2 Å². The molecule has 2 saturated heterocycles. The summed E-state index contributed by atoms with van der Waals surface area (Å²) >= 11 is 1.78. The van der Waals surface area contributed by atoms with Crippen molar-refractivity contribution in [3.8, 4) is 0 Å². The summed E-state index contributed by atoms with van der Waals surface area (Å²) in [4.78, 5) is 2.24. The predicted molar refractivity (Wildman–Crippen MR) is 80.2 cm³/mol. The van der Waals surface area contributed by atoms with Crippen molar-refractivity contribution in [2.45, 2.75) is 24.6 Å². The van der Waals surface area contributed by atoms with E-state index in [1.807, 2.05) is 0 Å². The second-order valence-electron chi connectivity index (χ2n) is 6.37. The van der Waals surface area contributed by atoms with Gasteiger partial charge in [0.25, 0.3) is 0 Å². The maximum absolute atomic E-state index is 11.9. The summed E-state index contributed by atoms with van der Waals surface area (Å²) in [6.07, 6.45) is 5.27. The van der Waals surface area contributed by atoms with E-state index < -0.39 is 9.84 Å². The lowest BCUT2D eigenvalue weighted by Gasteiger charge is -2.35. The molecule has 0 aromatic heterocycles. The van der Waals surface area contributed by atoms with Crippen molar-refractivity contribution >= 4 is 21.6 Å². The first-order valence-corrected chi connectivity index (χ1v) is 10.3. The molecule has 3 aliphatic rings. The van der Waals surface area contributed by atoms with Crippen LogP contribution in [0.4, 0.5) is 0 Å². The van der Waals surface area contributed by atoms with Gasteiger partial charge >= 0.3 is 0 Å². The number of hydrogen-bond donors (Lipinski definition) is 1. The second-order valence-corrected chi connectivity index (χ2v) is 9.72. The van der Waals surface area contributed by atoms with Crippen LogP contribution in [0.25, 0.3) is 0 Å². The molecule has 4 nitrogen and oxygen atoms in total. The first-order chi connectivity index (χ1) is 9.01. The van der Waals surface area contributed by atoms with Gasteiger partial charge in [0.1, 0.15) is 5.37 Å². The maximum Gasteiger partial charge on any atom is 0.164 e. The fourth-order valence-corrected chi connectivity index (χ4v) is 6.68. The minimum Gasteiger partial charge on any atom is -0.317 e. The Hall–Kier alpha value is 0.220. The zero-order valence-corrected chi connectivity index (χ0v) is 13.2. The number of sulfone groups is 1. The van der Waals surface area contributed by atoms with E-state index in [1.165, 1.54) is 25.5 Å². The predicted octanol–water partition coefficient (Wildman–Crippen LogP) is 0.796. The van der Waals surface area contributed by atoms with E-state index in [0.717, 1.165) is 43.6 Å². The quantitative estimate of drug-likeness (QED) is 0.836. The van der Waals surface area contributed by atoms with Crippen molar-refractivity contribution in [2.24, 2.45) is 11.3 Å². The highest BCUT2D eigenvalue weighted by molar-refractivity contribution is 8.00. The van der Waals surface area contributed by atoms with Crippen LogP contribution in [0.15, 0.2) is 0 Å². The normalized spacial score (nSPS) is 35.4. The zero-order valence-electron chi connectivity index (χ0n) is 11.6. The monoisotopic (exact) mass is 304 g/mol. The van der Waals surface area contributed by atoms with Crippen LogP contribution < -0.4 is 5.32 Å². The highest BCUT2D eigenvalue weighted by Crippen LogP contribution is 2.58. The van der Waals surface area contributed by atoms with E-state index in [2.05, 4.69) is 10.2 Å². The van der Waals surface area contributed by atoms with Gasteiger partial charge in [-0.15, -0.1) is 0 Å².